The Hall–Kier alpha value is -1.73. The van der Waals surface area contributed by atoms with Crippen molar-refractivity contribution >= 4 is 11.9 Å². The zero-order chi connectivity index (χ0) is 21.9. The molecule has 27 heavy (non-hydrogen) atoms. The lowest BCUT2D eigenvalue weighted by atomic mass is 9.89. The highest BCUT2D eigenvalue weighted by Crippen LogP contribution is 2.54. The average molecular weight is 422 g/mol. The molecule has 0 aromatic heterocycles. The SMILES string of the molecule is CCC(C)(COC)C(=O)OCC(=O)OC(C(F)(F)F)(C(F)(F)F)C(F)(F)F. The van der Waals surface area contributed by atoms with E-state index in [0.717, 1.165) is 0 Å². The molecule has 1 atom stereocenters. The lowest BCUT2D eigenvalue weighted by Crippen LogP contribution is -2.68. The number of alkyl halides is 9. The second kappa shape index (κ2) is 8.10. The minimum absolute atomic E-state index is 0.0202. The van der Waals surface area contributed by atoms with Gasteiger partial charge in [-0.25, -0.2) is 4.79 Å². The van der Waals surface area contributed by atoms with Crippen LogP contribution in [0.4, 0.5) is 39.5 Å². The lowest BCUT2D eigenvalue weighted by Gasteiger charge is -2.37. The molecule has 0 aliphatic rings. The molecular formula is C13H15F9O5. The molecule has 0 bridgehead atoms. The zero-order valence-electron chi connectivity index (χ0n) is 14.1. The van der Waals surface area contributed by atoms with Crippen LogP contribution in [0.25, 0.3) is 0 Å². The first-order chi connectivity index (χ1) is 11.9. The van der Waals surface area contributed by atoms with Gasteiger partial charge in [0.1, 0.15) is 0 Å². The van der Waals surface area contributed by atoms with Crippen LogP contribution in [0.15, 0.2) is 0 Å². The van der Waals surface area contributed by atoms with E-state index >= 15 is 0 Å². The summed E-state index contributed by atoms with van der Waals surface area (Å²) in [6.07, 6.45) is -21.2. The van der Waals surface area contributed by atoms with Crippen LogP contribution in [-0.4, -0.2) is 56.4 Å². The maximum atomic E-state index is 12.6. The number of hydrogen-bond acceptors (Lipinski definition) is 5. The fraction of sp³-hybridized carbons (Fsp3) is 0.846. The van der Waals surface area contributed by atoms with Crippen molar-refractivity contribution in [2.24, 2.45) is 5.41 Å². The monoisotopic (exact) mass is 422 g/mol. The zero-order valence-corrected chi connectivity index (χ0v) is 14.1. The van der Waals surface area contributed by atoms with Crippen LogP contribution in [0.1, 0.15) is 20.3 Å². The molecule has 160 valence electrons. The third kappa shape index (κ3) is 5.17. The van der Waals surface area contributed by atoms with Gasteiger partial charge in [-0.1, -0.05) is 6.92 Å². The van der Waals surface area contributed by atoms with Crippen LogP contribution in [0, 0.1) is 5.41 Å². The minimum atomic E-state index is -7.07. The van der Waals surface area contributed by atoms with Crippen LogP contribution in [0.2, 0.25) is 0 Å². The molecule has 0 aliphatic carbocycles. The predicted molar refractivity (Wildman–Crippen MR) is 68.2 cm³/mol. The molecule has 0 spiro atoms. The summed E-state index contributed by atoms with van der Waals surface area (Å²) in [6, 6.07) is 0. The molecule has 5 nitrogen and oxygen atoms in total. The Bertz CT molecular complexity index is 502. The Balaban J connectivity index is 5.56. The number of halogens is 9. The number of hydrogen-bond donors (Lipinski definition) is 0. The Labute approximate surface area is 146 Å². The summed E-state index contributed by atoms with van der Waals surface area (Å²) in [6.45, 7) is 0.479. The number of rotatable bonds is 7. The molecule has 0 fully saturated rings. The third-order valence-corrected chi connectivity index (χ3v) is 3.52. The first kappa shape index (κ1) is 25.3. The molecule has 0 rings (SSSR count). The van der Waals surface area contributed by atoms with Gasteiger partial charge in [-0.3, -0.25) is 4.79 Å². The van der Waals surface area contributed by atoms with E-state index in [4.69, 9.17) is 0 Å². The van der Waals surface area contributed by atoms with Gasteiger partial charge in [-0.15, -0.1) is 0 Å². The molecule has 0 aliphatic heterocycles. The van der Waals surface area contributed by atoms with Crippen molar-refractivity contribution in [2.45, 2.75) is 44.4 Å². The van der Waals surface area contributed by atoms with Crippen molar-refractivity contribution in [3.05, 3.63) is 0 Å². The summed E-state index contributed by atoms with van der Waals surface area (Å²) in [7, 11) is 1.17. The third-order valence-electron chi connectivity index (χ3n) is 3.52. The Morgan fingerprint density at radius 3 is 1.56 bits per heavy atom. The quantitative estimate of drug-likeness (QED) is 0.464. The summed E-state index contributed by atoms with van der Waals surface area (Å²) in [5, 5.41) is 0. The van der Waals surface area contributed by atoms with Crippen LogP contribution >= 0.6 is 0 Å². The highest BCUT2D eigenvalue weighted by Gasteiger charge is 2.87. The summed E-state index contributed by atoms with van der Waals surface area (Å²) < 4.78 is 125. The molecule has 0 heterocycles. The molecule has 0 aromatic carbocycles. The van der Waals surface area contributed by atoms with Gasteiger partial charge in [0.25, 0.3) is 0 Å². The van der Waals surface area contributed by atoms with Crippen LogP contribution in [-0.2, 0) is 23.8 Å². The second-order valence-corrected chi connectivity index (χ2v) is 5.57. The fourth-order valence-corrected chi connectivity index (χ4v) is 1.78. The minimum Gasteiger partial charge on any atom is -0.453 e. The van der Waals surface area contributed by atoms with Gasteiger partial charge in [0, 0.05) is 7.11 Å². The Kier molecular flexibility index (Phi) is 7.58. The molecule has 0 saturated carbocycles. The van der Waals surface area contributed by atoms with Gasteiger partial charge < -0.3 is 14.2 Å². The molecule has 0 N–H and O–H groups in total. The lowest BCUT2D eigenvalue weighted by molar-refractivity contribution is -0.446. The van der Waals surface area contributed by atoms with Crippen molar-refractivity contribution < 1.29 is 63.3 Å². The van der Waals surface area contributed by atoms with E-state index in [1.807, 2.05) is 0 Å². The van der Waals surface area contributed by atoms with Gasteiger partial charge in [-0.2, -0.15) is 39.5 Å². The number of esters is 2. The fourth-order valence-electron chi connectivity index (χ4n) is 1.78. The topological polar surface area (TPSA) is 61.8 Å². The molecule has 0 saturated heterocycles. The molecule has 0 amide bonds. The van der Waals surface area contributed by atoms with Crippen molar-refractivity contribution in [3.8, 4) is 0 Å². The smallest absolute Gasteiger partial charge is 0.447 e. The van der Waals surface area contributed by atoms with Crippen molar-refractivity contribution in [2.75, 3.05) is 20.3 Å². The standard InChI is InChI=1S/C13H15F9O5/c1-4-9(2,6-25-3)8(24)26-5-7(23)27-10(11(14,15)16,12(17,18)19)13(20,21)22/h4-6H2,1-3H3. The first-order valence-electron chi connectivity index (χ1n) is 6.97. The van der Waals surface area contributed by atoms with E-state index in [1.165, 1.54) is 21.0 Å². The summed E-state index contributed by atoms with van der Waals surface area (Å²) in [5.74, 6) is -3.98. The van der Waals surface area contributed by atoms with E-state index in [9.17, 15) is 49.1 Å². The van der Waals surface area contributed by atoms with E-state index in [2.05, 4.69) is 14.2 Å². The Morgan fingerprint density at radius 1 is 0.852 bits per heavy atom. The first-order valence-corrected chi connectivity index (χ1v) is 6.97. The highest BCUT2D eigenvalue weighted by atomic mass is 19.4. The highest BCUT2D eigenvalue weighted by molar-refractivity contribution is 5.80. The number of ether oxygens (including phenoxy) is 3. The number of carbonyl (C=O) groups is 2. The van der Waals surface area contributed by atoms with Gasteiger partial charge in [0.15, 0.2) is 6.61 Å². The summed E-state index contributed by atoms with van der Waals surface area (Å²) >= 11 is 0. The van der Waals surface area contributed by atoms with Crippen molar-refractivity contribution in [1.29, 1.82) is 0 Å². The maximum absolute atomic E-state index is 12.6. The molecular weight excluding hydrogens is 407 g/mol. The maximum Gasteiger partial charge on any atom is 0.447 e. The second-order valence-electron chi connectivity index (χ2n) is 5.57. The van der Waals surface area contributed by atoms with Crippen molar-refractivity contribution in [1.82, 2.24) is 0 Å². The van der Waals surface area contributed by atoms with Gasteiger partial charge in [0.05, 0.1) is 12.0 Å². The Morgan fingerprint density at radius 2 is 1.26 bits per heavy atom. The summed E-state index contributed by atoms with van der Waals surface area (Å²) in [5.41, 5.74) is -8.21. The average Bonchev–Trinajstić information content (AvgIpc) is 2.46. The number of methoxy groups -OCH3 is 1. The van der Waals surface area contributed by atoms with Gasteiger partial charge in [-0.05, 0) is 13.3 Å². The van der Waals surface area contributed by atoms with E-state index in [0.29, 0.717) is 0 Å². The molecule has 0 aromatic rings. The normalized spacial score (nSPS) is 15.9. The van der Waals surface area contributed by atoms with Gasteiger partial charge in [0.2, 0.25) is 0 Å². The molecule has 1 unspecified atom stereocenters. The van der Waals surface area contributed by atoms with E-state index < -0.39 is 48.1 Å². The van der Waals surface area contributed by atoms with Gasteiger partial charge >= 0.3 is 36.1 Å². The van der Waals surface area contributed by atoms with E-state index in [1.54, 1.807) is 0 Å². The van der Waals surface area contributed by atoms with Crippen LogP contribution < -0.4 is 0 Å². The number of carbonyl (C=O) groups excluding carboxylic acids is 2. The van der Waals surface area contributed by atoms with Crippen LogP contribution in [0.5, 0.6) is 0 Å². The van der Waals surface area contributed by atoms with E-state index in [-0.39, 0.29) is 13.0 Å². The predicted octanol–water partition coefficient (Wildman–Crippen LogP) is 3.56. The van der Waals surface area contributed by atoms with Crippen molar-refractivity contribution in [3.63, 3.8) is 0 Å². The summed E-state index contributed by atoms with van der Waals surface area (Å²) in [4.78, 5) is 23.0. The van der Waals surface area contributed by atoms with Crippen LogP contribution in [0.3, 0.4) is 0 Å². The molecule has 14 heteroatoms. The molecule has 0 radical (unpaired) electrons. The largest absolute Gasteiger partial charge is 0.453 e.